The molecule has 0 amide bonds. The van der Waals surface area contributed by atoms with E-state index in [1.54, 1.807) is 0 Å². The predicted octanol–water partition coefficient (Wildman–Crippen LogP) is 3.43. The lowest BCUT2D eigenvalue weighted by Crippen LogP contribution is -2.11. The Morgan fingerprint density at radius 1 is 0.450 bits per heavy atom. The van der Waals surface area contributed by atoms with Gasteiger partial charge in [0.15, 0.2) is 0 Å². The summed E-state index contributed by atoms with van der Waals surface area (Å²) in [5, 5.41) is 0. The highest BCUT2D eigenvalue weighted by atomic mass is 16.7. The zero-order valence-corrected chi connectivity index (χ0v) is 11.9. The van der Waals surface area contributed by atoms with Gasteiger partial charge in [-0.15, -0.1) is 0 Å². The summed E-state index contributed by atoms with van der Waals surface area (Å²) in [5.74, 6) is 0. The Kier molecular flexibility index (Phi) is 9.44. The molecule has 116 valence electrons. The Morgan fingerprint density at radius 2 is 0.700 bits per heavy atom. The van der Waals surface area contributed by atoms with Crippen LogP contribution < -0.4 is 0 Å². The van der Waals surface area contributed by atoms with E-state index in [1.165, 1.54) is 0 Å². The molecule has 0 aliphatic carbocycles. The van der Waals surface area contributed by atoms with Crippen molar-refractivity contribution >= 4 is 12.3 Å². The molecule has 0 aromatic carbocycles. The molecule has 1 heterocycles. The maximum Gasteiger partial charge on any atom is 0.508 e. The van der Waals surface area contributed by atoms with E-state index in [0.29, 0.717) is 26.4 Å². The average molecular weight is 288 g/mol. The molecule has 6 heteroatoms. The highest BCUT2D eigenvalue weighted by molar-refractivity contribution is 5.60. The summed E-state index contributed by atoms with van der Waals surface area (Å²) in [6.07, 6.45) is 5.69. The Balaban J connectivity index is 2.19. The molecule has 1 aliphatic rings. The second-order valence-corrected chi connectivity index (χ2v) is 4.72. The molecule has 0 radical (unpaired) electrons. The molecule has 0 bridgehead atoms. The Morgan fingerprint density at radius 3 is 0.950 bits per heavy atom. The Bertz CT molecular complexity index is 227. The van der Waals surface area contributed by atoms with Gasteiger partial charge in [-0.3, -0.25) is 0 Å². The lowest BCUT2D eigenvalue weighted by Gasteiger charge is -2.08. The molecule has 0 saturated carbocycles. The van der Waals surface area contributed by atoms with Gasteiger partial charge in [0.25, 0.3) is 0 Å². The Hall–Kier alpha value is -1.46. The summed E-state index contributed by atoms with van der Waals surface area (Å²) in [5.41, 5.74) is 0. The van der Waals surface area contributed by atoms with Crippen LogP contribution in [-0.4, -0.2) is 38.7 Å². The fourth-order valence-corrected chi connectivity index (χ4v) is 1.82. The molecule has 0 N–H and O–H groups in total. The largest absolute Gasteiger partial charge is 0.508 e. The smallest absolute Gasteiger partial charge is 0.434 e. The molecule has 1 saturated heterocycles. The van der Waals surface area contributed by atoms with E-state index in [2.05, 4.69) is 0 Å². The summed E-state index contributed by atoms with van der Waals surface area (Å²) in [4.78, 5) is 22.4. The molecule has 1 aliphatic heterocycles. The van der Waals surface area contributed by atoms with Crippen molar-refractivity contribution in [3.8, 4) is 0 Å². The molecule has 0 spiro atoms. The van der Waals surface area contributed by atoms with Crippen LogP contribution in [0.5, 0.6) is 0 Å². The third-order valence-electron chi connectivity index (χ3n) is 2.96. The van der Waals surface area contributed by atoms with Crippen molar-refractivity contribution in [3.05, 3.63) is 0 Å². The van der Waals surface area contributed by atoms with Crippen LogP contribution in [0.2, 0.25) is 0 Å². The average Bonchev–Trinajstić information content (AvgIpc) is 2.43. The molecule has 1 fully saturated rings. The van der Waals surface area contributed by atoms with Crippen LogP contribution in [0.3, 0.4) is 0 Å². The minimum Gasteiger partial charge on any atom is -0.434 e. The predicted molar refractivity (Wildman–Crippen MR) is 71.5 cm³/mol. The zero-order chi connectivity index (χ0) is 14.5. The Labute approximate surface area is 119 Å². The number of hydrogen-bond acceptors (Lipinski definition) is 6. The topological polar surface area (TPSA) is 71.1 Å². The number of cyclic esters (lactones) is 4. The first-order chi connectivity index (χ1) is 9.79. The number of rotatable bonds is 0. The van der Waals surface area contributed by atoms with Gasteiger partial charge in [-0.05, 0) is 51.4 Å². The summed E-state index contributed by atoms with van der Waals surface area (Å²) in [6.45, 7) is 1.51. The molecule has 1 rings (SSSR count). The van der Waals surface area contributed by atoms with Gasteiger partial charge in [-0.25, -0.2) is 9.59 Å². The van der Waals surface area contributed by atoms with Gasteiger partial charge < -0.3 is 18.9 Å². The fourth-order valence-electron chi connectivity index (χ4n) is 1.82. The van der Waals surface area contributed by atoms with Crippen LogP contribution in [0, 0.1) is 0 Å². The van der Waals surface area contributed by atoms with Crippen LogP contribution in [0.25, 0.3) is 0 Å². The van der Waals surface area contributed by atoms with E-state index in [1.807, 2.05) is 0 Å². The van der Waals surface area contributed by atoms with Crippen molar-refractivity contribution in [2.75, 3.05) is 26.4 Å². The van der Waals surface area contributed by atoms with Crippen molar-refractivity contribution in [2.24, 2.45) is 0 Å². The van der Waals surface area contributed by atoms with Crippen molar-refractivity contribution < 1.29 is 28.5 Å². The van der Waals surface area contributed by atoms with Gasteiger partial charge in [-0.2, -0.15) is 0 Å². The van der Waals surface area contributed by atoms with E-state index >= 15 is 0 Å². The van der Waals surface area contributed by atoms with Gasteiger partial charge in [0.1, 0.15) is 0 Å². The first kappa shape index (κ1) is 16.6. The van der Waals surface area contributed by atoms with Crippen LogP contribution in [-0.2, 0) is 18.9 Å². The molecule has 6 nitrogen and oxygen atoms in total. The molecule has 0 unspecified atom stereocenters. The molecule has 0 aromatic heterocycles. The second kappa shape index (κ2) is 11.4. The number of ether oxygens (including phenoxy) is 4. The quantitative estimate of drug-likeness (QED) is 0.636. The first-order valence-corrected chi connectivity index (χ1v) is 7.38. The lowest BCUT2D eigenvalue weighted by atomic mass is 10.2. The molecular formula is C14H24O6. The summed E-state index contributed by atoms with van der Waals surface area (Å²) >= 11 is 0. The number of carbonyl (C=O) groups is 2. The summed E-state index contributed by atoms with van der Waals surface area (Å²) in [7, 11) is 0. The number of hydrogen-bond donors (Lipinski definition) is 0. The highest BCUT2D eigenvalue weighted by Crippen LogP contribution is 2.05. The maximum atomic E-state index is 11.2. The highest BCUT2D eigenvalue weighted by Gasteiger charge is 2.05. The lowest BCUT2D eigenvalue weighted by molar-refractivity contribution is 0.0470. The zero-order valence-electron chi connectivity index (χ0n) is 11.9. The van der Waals surface area contributed by atoms with Gasteiger partial charge >= 0.3 is 12.3 Å². The van der Waals surface area contributed by atoms with Crippen LogP contribution in [0.4, 0.5) is 9.59 Å². The van der Waals surface area contributed by atoms with Crippen molar-refractivity contribution in [1.29, 1.82) is 0 Å². The van der Waals surface area contributed by atoms with Gasteiger partial charge in [0.05, 0.1) is 26.4 Å². The normalized spacial score (nSPS) is 21.4. The fraction of sp³-hybridized carbons (Fsp3) is 0.857. The van der Waals surface area contributed by atoms with Gasteiger partial charge in [0, 0.05) is 0 Å². The molecule has 0 aromatic rings. The van der Waals surface area contributed by atoms with Crippen LogP contribution in [0.1, 0.15) is 51.4 Å². The van der Waals surface area contributed by atoms with Crippen LogP contribution in [0.15, 0.2) is 0 Å². The van der Waals surface area contributed by atoms with E-state index in [4.69, 9.17) is 18.9 Å². The monoisotopic (exact) mass is 288 g/mol. The minimum atomic E-state index is -0.580. The van der Waals surface area contributed by atoms with E-state index in [9.17, 15) is 9.59 Å². The number of carbonyl (C=O) groups excluding carboxylic acids is 2. The minimum absolute atomic E-state index is 0.377. The summed E-state index contributed by atoms with van der Waals surface area (Å²) in [6, 6.07) is 0. The van der Waals surface area contributed by atoms with Crippen molar-refractivity contribution in [3.63, 3.8) is 0 Å². The molecule has 0 atom stereocenters. The first-order valence-electron chi connectivity index (χ1n) is 7.38. The second-order valence-electron chi connectivity index (χ2n) is 4.72. The maximum absolute atomic E-state index is 11.2. The standard InChI is InChI=1S/C14H24O6/c15-13-17-9-5-1-2-6-10-18-14(16)20-12-8-4-3-7-11-19-13/h1-12H2. The molecular weight excluding hydrogens is 264 g/mol. The van der Waals surface area contributed by atoms with E-state index < -0.39 is 12.3 Å². The van der Waals surface area contributed by atoms with Crippen LogP contribution >= 0.6 is 0 Å². The van der Waals surface area contributed by atoms with Gasteiger partial charge in [0.2, 0.25) is 0 Å². The summed E-state index contributed by atoms with van der Waals surface area (Å²) < 4.78 is 19.8. The van der Waals surface area contributed by atoms with Gasteiger partial charge in [-0.1, -0.05) is 0 Å². The SMILES string of the molecule is O=C1OCCCCCCOC(=O)OCCCCCCO1. The van der Waals surface area contributed by atoms with Crippen molar-refractivity contribution in [2.45, 2.75) is 51.4 Å². The third kappa shape index (κ3) is 9.47. The van der Waals surface area contributed by atoms with Crippen molar-refractivity contribution in [1.82, 2.24) is 0 Å². The molecule has 20 heavy (non-hydrogen) atoms. The van der Waals surface area contributed by atoms with E-state index in [0.717, 1.165) is 51.4 Å². The van der Waals surface area contributed by atoms with E-state index in [-0.39, 0.29) is 0 Å². The third-order valence-corrected chi connectivity index (χ3v) is 2.96.